The Morgan fingerprint density at radius 2 is 1.67 bits per heavy atom. The molecule has 30 heavy (non-hydrogen) atoms. The van der Waals surface area contributed by atoms with Crippen LogP contribution in [0, 0.1) is 0 Å². The van der Waals surface area contributed by atoms with E-state index in [4.69, 9.17) is 9.47 Å². The molecule has 5 rings (SSSR count). The zero-order chi connectivity index (χ0) is 20.7. The molecule has 158 valence electrons. The Morgan fingerprint density at radius 1 is 1.00 bits per heavy atom. The van der Waals surface area contributed by atoms with E-state index in [0.29, 0.717) is 31.1 Å². The van der Waals surface area contributed by atoms with Gasteiger partial charge >= 0.3 is 0 Å². The van der Waals surface area contributed by atoms with E-state index in [1.165, 1.54) is 0 Å². The van der Waals surface area contributed by atoms with Crippen molar-refractivity contribution in [2.45, 2.75) is 37.3 Å². The maximum absolute atomic E-state index is 14.0. The second kappa shape index (κ2) is 7.71. The van der Waals surface area contributed by atoms with Crippen LogP contribution in [0.25, 0.3) is 0 Å². The second-order valence-electron chi connectivity index (χ2n) is 8.29. The zero-order valence-corrected chi connectivity index (χ0v) is 17.5. The van der Waals surface area contributed by atoms with Crippen LogP contribution in [0.15, 0.2) is 48.5 Å². The van der Waals surface area contributed by atoms with Gasteiger partial charge in [0.2, 0.25) is 5.91 Å². The smallest absolute Gasteiger partial charge is 0.235 e. The summed E-state index contributed by atoms with van der Waals surface area (Å²) in [7, 11) is -3.12. The fraction of sp³-hybridized carbons (Fsp3) is 0.435. The molecule has 0 aromatic heterocycles. The Hall–Kier alpha value is -2.38. The number of sulfone groups is 1. The number of hydrogen-bond acceptors (Lipinski definition) is 5. The fourth-order valence-corrected chi connectivity index (χ4v) is 6.52. The van der Waals surface area contributed by atoms with Crippen LogP contribution >= 0.6 is 0 Å². The summed E-state index contributed by atoms with van der Waals surface area (Å²) in [5, 5.41) is 0. The Morgan fingerprint density at radius 3 is 2.23 bits per heavy atom. The summed E-state index contributed by atoms with van der Waals surface area (Å²) in [4.78, 5) is 15.8. The quantitative estimate of drug-likeness (QED) is 0.750. The van der Waals surface area contributed by atoms with Crippen molar-refractivity contribution in [3.63, 3.8) is 0 Å². The van der Waals surface area contributed by atoms with Crippen molar-refractivity contribution in [1.82, 2.24) is 4.90 Å². The molecule has 2 aromatic rings. The number of benzene rings is 2. The van der Waals surface area contributed by atoms with E-state index in [0.717, 1.165) is 24.0 Å². The van der Waals surface area contributed by atoms with Crippen molar-refractivity contribution >= 4 is 15.7 Å². The lowest BCUT2D eigenvalue weighted by Gasteiger charge is -2.36. The SMILES string of the molecule is O=C(C1c2ccccc2Oc2ccccc21)N(C[C@@H]1CCCO1)[C@@H]1CCS(=O)(=O)C1. The molecule has 2 atom stereocenters. The number of fused-ring (bicyclic) bond motifs is 2. The van der Waals surface area contributed by atoms with Crippen molar-refractivity contribution < 1.29 is 22.7 Å². The minimum atomic E-state index is -3.12. The molecule has 6 nitrogen and oxygen atoms in total. The maximum atomic E-state index is 14.0. The highest BCUT2D eigenvalue weighted by Gasteiger charge is 2.41. The summed E-state index contributed by atoms with van der Waals surface area (Å²) in [6, 6.07) is 14.9. The first-order valence-electron chi connectivity index (χ1n) is 10.5. The number of amides is 1. The molecule has 0 aliphatic carbocycles. The number of hydrogen-bond donors (Lipinski definition) is 0. The topological polar surface area (TPSA) is 72.9 Å². The third-order valence-corrected chi connectivity index (χ3v) is 8.03. The van der Waals surface area contributed by atoms with Crippen LogP contribution in [0.3, 0.4) is 0 Å². The molecule has 3 aliphatic rings. The molecule has 1 amide bonds. The molecule has 2 saturated heterocycles. The van der Waals surface area contributed by atoms with Gasteiger partial charge in [0.25, 0.3) is 0 Å². The van der Waals surface area contributed by atoms with Gasteiger partial charge in [-0.2, -0.15) is 0 Å². The Labute approximate surface area is 176 Å². The van der Waals surface area contributed by atoms with E-state index in [-0.39, 0.29) is 29.6 Å². The first kappa shape index (κ1) is 19.6. The number of ether oxygens (including phenoxy) is 2. The molecule has 3 heterocycles. The highest BCUT2D eigenvalue weighted by Crippen LogP contribution is 2.45. The van der Waals surface area contributed by atoms with Crippen molar-refractivity contribution in [2.24, 2.45) is 0 Å². The van der Waals surface area contributed by atoms with Gasteiger partial charge in [0.05, 0.1) is 23.5 Å². The van der Waals surface area contributed by atoms with Crippen molar-refractivity contribution in [3.8, 4) is 11.5 Å². The normalized spacial score (nSPS) is 24.7. The summed E-state index contributed by atoms with van der Waals surface area (Å²) in [6.45, 7) is 1.12. The van der Waals surface area contributed by atoms with Crippen LogP contribution < -0.4 is 4.74 Å². The molecule has 2 aromatic carbocycles. The largest absolute Gasteiger partial charge is 0.457 e. The maximum Gasteiger partial charge on any atom is 0.235 e. The fourth-order valence-electron chi connectivity index (χ4n) is 4.79. The Bertz CT molecular complexity index is 1020. The number of carbonyl (C=O) groups is 1. The average molecular weight is 428 g/mol. The molecule has 0 bridgehead atoms. The van der Waals surface area contributed by atoms with Crippen molar-refractivity contribution in [1.29, 1.82) is 0 Å². The number of rotatable bonds is 4. The lowest BCUT2D eigenvalue weighted by atomic mass is 9.86. The lowest BCUT2D eigenvalue weighted by Crippen LogP contribution is -2.47. The van der Waals surface area contributed by atoms with Gasteiger partial charge in [0.15, 0.2) is 9.84 Å². The summed E-state index contributed by atoms with van der Waals surface area (Å²) in [5.74, 6) is 0.911. The van der Waals surface area contributed by atoms with Gasteiger partial charge in [0.1, 0.15) is 11.5 Å². The van der Waals surface area contributed by atoms with Crippen LogP contribution in [-0.4, -0.2) is 56.0 Å². The summed E-state index contributed by atoms with van der Waals surface area (Å²) in [5.41, 5.74) is 1.64. The molecule has 0 spiro atoms. The van der Waals surface area contributed by atoms with Gasteiger partial charge in [-0.25, -0.2) is 8.42 Å². The second-order valence-corrected chi connectivity index (χ2v) is 10.5. The van der Waals surface area contributed by atoms with Crippen LogP contribution in [0.4, 0.5) is 0 Å². The predicted molar refractivity (Wildman–Crippen MR) is 113 cm³/mol. The highest BCUT2D eigenvalue weighted by molar-refractivity contribution is 7.91. The number of para-hydroxylation sites is 2. The highest BCUT2D eigenvalue weighted by atomic mass is 32.2. The molecular weight excluding hydrogens is 402 g/mol. The molecule has 0 saturated carbocycles. The van der Waals surface area contributed by atoms with Gasteiger partial charge in [-0.05, 0) is 31.4 Å². The molecule has 0 N–H and O–H groups in total. The van der Waals surface area contributed by atoms with Gasteiger partial charge in [-0.15, -0.1) is 0 Å². The lowest BCUT2D eigenvalue weighted by molar-refractivity contribution is -0.135. The monoisotopic (exact) mass is 427 g/mol. The van der Waals surface area contributed by atoms with E-state index in [1.54, 1.807) is 4.90 Å². The van der Waals surface area contributed by atoms with Gasteiger partial charge < -0.3 is 14.4 Å². The molecular formula is C23H25NO5S. The summed E-state index contributed by atoms with van der Waals surface area (Å²) >= 11 is 0. The molecule has 0 radical (unpaired) electrons. The number of nitrogens with zero attached hydrogens (tertiary/aromatic N) is 1. The summed E-state index contributed by atoms with van der Waals surface area (Å²) in [6.07, 6.45) is 2.30. The van der Waals surface area contributed by atoms with Crippen molar-refractivity contribution in [3.05, 3.63) is 59.7 Å². The first-order valence-corrected chi connectivity index (χ1v) is 12.3. The Kier molecular flexibility index (Phi) is 5.03. The van der Waals surface area contributed by atoms with Gasteiger partial charge in [0, 0.05) is 30.3 Å². The third-order valence-electron chi connectivity index (χ3n) is 6.28. The third kappa shape index (κ3) is 3.61. The average Bonchev–Trinajstić information content (AvgIpc) is 3.38. The van der Waals surface area contributed by atoms with Gasteiger partial charge in [-0.1, -0.05) is 36.4 Å². The predicted octanol–water partition coefficient (Wildman–Crippen LogP) is 3.12. The zero-order valence-electron chi connectivity index (χ0n) is 16.7. The standard InChI is InChI=1S/C23H25NO5S/c25-23(24(14-17-6-5-12-28-17)16-11-13-30(26,27)15-16)22-18-7-1-3-9-20(18)29-21-10-4-2-8-19(21)22/h1-4,7-10,16-17,22H,5-6,11-15H2/t16-,17+/m1/s1. The van der Waals surface area contributed by atoms with Crippen molar-refractivity contribution in [2.75, 3.05) is 24.7 Å². The van der Waals surface area contributed by atoms with Crippen LogP contribution in [0.2, 0.25) is 0 Å². The first-order chi connectivity index (χ1) is 14.5. The van der Waals surface area contributed by atoms with Crippen LogP contribution in [0.1, 0.15) is 36.3 Å². The molecule has 3 aliphatic heterocycles. The van der Waals surface area contributed by atoms with E-state index in [2.05, 4.69) is 0 Å². The van der Waals surface area contributed by atoms with Crippen LogP contribution in [0.5, 0.6) is 11.5 Å². The van der Waals surface area contributed by atoms with Gasteiger partial charge in [-0.3, -0.25) is 4.79 Å². The van der Waals surface area contributed by atoms with Crippen LogP contribution in [-0.2, 0) is 19.4 Å². The molecule has 0 unspecified atom stereocenters. The van der Waals surface area contributed by atoms with E-state index in [9.17, 15) is 13.2 Å². The summed E-state index contributed by atoms with van der Waals surface area (Å²) < 4.78 is 36.2. The van der Waals surface area contributed by atoms with E-state index >= 15 is 0 Å². The molecule has 2 fully saturated rings. The number of carbonyl (C=O) groups excluding carboxylic acids is 1. The van der Waals surface area contributed by atoms with E-state index < -0.39 is 15.8 Å². The molecule has 7 heteroatoms. The van der Waals surface area contributed by atoms with E-state index in [1.807, 2.05) is 48.5 Å². The Balaban J connectivity index is 1.54. The minimum absolute atomic E-state index is 0.0258. The minimum Gasteiger partial charge on any atom is -0.457 e.